The van der Waals surface area contributed by atoms with Gasteiger partial charge in [-0.1, -0.05) is 32.9 Å². The van der Waals surface area contributed by atoms with Crippen molar-refractivity contribution in [2.24, 2.45) is 0 Å². The predicted molar refractivity (Wildman–Crippen MR) is 87.5 cm³/mol. The number of hydrogen-bond acceptors (Lipinski definition) is 3. The highest BCUT2D eigenvalue weighted by Gasteiger charge is 2.18. The minimum Gasteiger partial charge on any atom is -0.316 e. The highest BCUT2D eigenvalue weighted by Crippen LogP contribution is 2.24. The summed E-state index contributed by atoms with van der Waals surface area (Å²) >= 11 is 1.72. The van der Waals surface area contributed by atoms with E-state index in [2.05, 4.69) is 31.5 Å². The zero-order valence-electron chi connectivity index (χ0n) is 13.1. The standard InChI is InChI=1S/C17H23FN2S/c1-17(2,3)15-11-21-16(20-15)10-14(19-4)9-12-5-7-13(18)8-6-12/h5-8,11,14,19H,9-10H2,1-4H3. The van der Waals surface area contributed by atoms with Gasteiger partial charge in [0.25, 0.3) is 0 Å². The average Bonchev–Trinajstić information content (AvgIpc) is 2.89. The van der Waals surface area contributed by atoms with E-state index < -0.39 is 0 Å². The highest BCUT2D eigenvalue weighted by molar-refractivity contribution is 7.09. The number of halogens is 1. The lowest BCUT2D eigenvalue weighted by Gasteiger charge is -2.16. The van der Waals surface area contributed by atoms with Crippen LogP contribution in [-0.2, 0) is 18.3 Å². The van der Waals surface area contributed by atoms with Crippen molar-refractivity contribution in [3.63, 3.8) is 0 Å². The summed E-state index contributed by atoms with van der Waals surface area (Å²) in [6, 6.07) is 7.05. The van der Waals surface area contributed by atoms with E-state index >= 15 is 0 Å². The first kappa shape index (κ1) is 16.1. The fourth-order valence-electron chi connectivity index (χ4n) is 2.14. The molecule has 21 heavy (non-hydrogen) atoms. The monoisotopic (exact) mass is 306 g/mol. The molecule has 0 radical (unpaired) electrons. The molecule has 0 aliphatic carbocycles. The quantitative estimate of drug-likeness (QED) is 0.904. The van der Waals surface area contributed by atoms with Crippen molar-refractivity contribution in [2.75, 3.05) is 7.05 Å². The Labute approximate surface area is 130 Å². The summed E-state index contributed by atoms with van der Waals surface area (Å²) in [6.45, 7) is 6.54. The molecule has 114 valence electrons. The summed E-state index contributed by atoms with van der Waals surface area (Å²) < 4.78 is 12.9. The normalized spacial score (nSPS) is 13.4. The molecular weight excluding hydrogens is 283 g/mol. The van der Waals surface area contributed by atoms with Gasteiger partial charge in [-0.25, -0.2) is 9.37 Å². The Morgan fingerprint density at radius 2 is 1.86 bits per heavy atom. The highest BCUT2D eigenvalue weighted by atomic mass is 32.1. The van der Waals surface area contributed by atoms with Gasteiger partial charge >= 0.3 is 0 Å². The molecule has 1 aromatic heterocycles. The summed E-state index contributed by atoms with van der Waals surface area (Å²) in [5.41, 5.74) is 2.39. The van der Waals surface area contributed by atoms with Crippen molar-refractivity contribution in [3.05, 3.63) is 51.7 Å². The van der Waals surface area contributed by atoms with Gasteiger partial charge < -0.3 is 5.32 Å². The first-order valence-electron chi connectivity index (χ1n) is 7.25. The smallest absolute Gasteiger partial charge is 0.123 e. The number of rotatable bonds is 5. The van der Waals surface area contributed by atoms with Crippen LogP contribution >= 0.6 is 11.3 Å². The third-order valence-corrected chi connectivity index (χ3v) is 4.42. The second-order valence-electron chi connectivity index (χ2n) is 6.40. The van der Waals surface area contributed by atoms with E-state index in [0.717, 1.165) is 29.1 Å². The van der Waals surface area contributed by atoms with Gasteiger partial charge in [0.1, 0.15) is 5.82 Å². The molecule has 0 amide bonds. The maximum atomic E-state index is 12.9. The van der Waals surface area contributed by atoms with E-state index in [1.54, 1.807) is 11.3 Å². The molecule has 0 fully saturated rings. The van der Waals surface area contributed by atoms with Crippen molar-refractivity contribution in [2.45, 2.75) is 45.1 Å². The third kappa shape index (κ3) is 4.61. The number of nitrogens with zero attached hydrogens (tertiary/aromatic N) is 1. The molecule has 1 aromatic carbocycles. The largest absolute Gasteiger partial charge is 0.316 e. The molecule has 2 nitrogen and oxygen atoms in total. The molecule has 2 aromatic rings. The molecule has 0 spiro atoms. The Morgan fingerprint density at radius 3 is 2.38 bits per heavy atom. The Hall–Kier alpha value is -1.26. The number of thiazole rings is 1. The van der Waals surface area contributed by atoms with E-state index in [1.807, 2.05) is 19.2 Å². The van der Waals surface area contributed by atoms with Crippen LogP contribution in [0.25, 0.3) is 0 Å². The van der Waals surface area contributed by atoms with E-state index in [0.29, 0.717) is 6.04 Å². The predicted octanol–water partition coefficient (Wildman–Crippen LogP) is 3.95. The van der Waals surface area contributed by atoms with Gasteiger partial charge in [0, 0.05) is 23.3 Å². The molecule has 0 saturated heterocycles. The summed E-state index contributed by atoms with van der Waals surface area (Å²) in [7, 11) is 1.96. The van der Waals surface area contributed by atoms with E-state index in [4.69, 9.17) is 4.98 Å². The second-order valence-corrected chi connectivity index (χ2v) is 7.34. The molecule has 1 atom stereocenters. The first-order chi connectivity index (χ1) is 9.88. The number of aromatic nitrogens is 1. The van der Waals surface area contributed by atoms with Crippen LogP contribution in [0, 0.1) is 5.82 Å². The van der Waals surface area contributed by atoms with Crippen LogP contribution in [-0.4, -0.2) is 18.1 Å². The Kier molecular flexibility index (Phi) is 5.12. The van der Waals surface area contributed by atoms with Crippen molar-refractivity contribution < 1.29 is 4.39 Å². The first-order valence-corrected chi connectivity index (χ1v) is 8.13. The summed E-state index contributed by atoms with van der Waals surface area (Å²) in [5.74, 6) is -0.186. The molecule has 4 heteroatoms. The molecule has 2 rings (SSSR count). The van der Waals surface area contributed by atoms with Crippen LogP contribution in [0.3, 0.4) is 0 Å². The molecule has 1 unspecified atom stereocenters. The Bertz CT molecular complexity index is 569. The fraction of sp³-hybridized carbons (Fsp3) is 0.471. The van der Waals surface area contributed by atoms with Crippen LogP contribution in [0.4, 0.5) is 4.39 Å². The van der Waals surface area contributed by atoms with Gasteiger partial charge in [-0.3, -0.25) is 0 Å². The van der Waals surface area contributed by atoms with E-state index in [-0.39, 0.29) is 11.2 Å². The SMILES string of the molecule is CNC(Cc1ccc(F)cc1)Cc1nc(C(C)(C)C)cs1. The van der Waals surface area contributed by atoms with Crippen LogP contribution in [0.2, 0.25) is 0 Å². The van der Waals surface area contributed by atoms with Crippen LogP contribution < -0.4 is 5.32 Å². The van der Waals surface area contributed by atoms with E-state index in [1.165, 1.54) is 12.1 Å². The van der Waals surface area contributed by atoms with E-state index in [9.17, 15) is 4.39 Å². The lowest BCUT2D eigenvalue weighted by Crippen LogP contribution is -2.30. The molecule has 1 heterocycles. The topological polar surface area (TPSA) is 24.9 Å². The Balaban J connectivity index is 2.02. The minimum absolute atomic E-state index is 0.0981. The molecule has 0 aliphatic rings. The minimum atomic E-state index is -0.186. The average molecular weight is 306 g/mol. The van der Waals surface area contributed by atoms with Crippen molar-refractivity contribution in [1.82, 2.24) is 10.3 Å². The van der Waals surface area contributed by atoms with Crippen molar-refractivity contribution in [3.8, 4) is 0 Å². The maximum Gasteiger partial charge on any atom is 0.123 e. The molecule has 0 bridgehead atoms. The summed E-state index contributed by atoms with van der Waals surface area (Å²) in [5, 5.41) is 6.64. The lowest BCUT2D eigenvalue weighted by molar-refractivity contribution is 0.543. The molecule has 1 N–H and O–H groups in total. The van der Waals surface area contributed by atoms with Crippen LogP contribution in [0.5, 0.6) is 0 Å². The van der Waals surface area contributed by atoms with Gasteiger partial charge in [0.15, 0.2) is 0 Å². The Morgan fingerprint density at radius 1 is 1.19 bits per heavy atom. The maximum absolute atomic E-state index is 12.9. The second kappa shape index (κ2) is 6.67. The van der Waals surface area contributed by atoms with Gasteiger partial charge in [0.05, 0.1) is 10.7 Å². The van der Waals surface area contributed by atoms with Crippen molar-refractivity contribution in [1.29, 1.82) is 0 Å². The zero-order chi connectivity index (χ0) is 15.5. The number of hydrogen-bond donors (Lipinski definition) is 1. The fourth-order valence-corrected chi connectivity index (χ4v) is 3.24. The van der Waals surface area contributed by atoms with Gasteiger partial charge in [0.2, 0.25) is 0 Å². The number of likely N-dealkylation sites (N-methyl/N-ethyl adjacent to an activating group) is 1. The number of benzene rings is 1. The third-order valence-electron chi connectivity index (χ3n) is 3.54. The number of nitrogens with one attached hydrogen (secondary N) is 1. The molecular formula is C17H23FN2S. The van der Waals surface area contributed by atoms with Gasteiger partial charge in [-0.05, 0) is 31.2 Å². The summed E-state index contributed by atoms with van der Waals surface area (Å²) in [6.07, 6.45) is 1.77. The van der Waals surface area contributed by atoms with Gasteiger partial charge in [-0.15, -0.1) is 11.3 Å². The van der Waals surface area contributed by atoms with Gasteiger partial charge in [-0.2, -0.15) is 0 Å². The summed E-state index contributed by atoms with van der Waals surface area (Å²) in [4.78, 5) is 4.74. The van der Waals surface area contributed by atoms with Crippen molar-refractivity contribution >= 4 is 11.3 Å². The zero-order valence-corrected chi connectivity index (χ0v) is 13.9. The van der Waals surface area contributed by atoms with Crippen LogP contribution in [0.1, 0.15) is 37.0 Å². The molecule has 0 aliphatic heterocycles. The lowest BCUT2D eigenvalue weighted by atomic mass is 9.93. The molecule has 0 saturated carbocycles. The van der Waals surface area contributed by atoms with Crippen LogP contribution in [0.15, 0.2) is 29.6 Å².